The standard InChI is InChI=1S/C16H24N2O3/c1-20-15-4-2-13(3-5-15)17-14-10-16(21-11-14)6-7-18(12-16)8-9-19/h2-5,14,17,19H,6-12H2,1H3. The van der Waals surface area contributed by atoms with Gasteiger partial charge in [-0.25, -0.2) is 0 Å². The fourth-order valence-corrected chi connectivity index (χ4v) is 3.40. The van der Waals surface area contributed by atoms with Crippen molar-refractivity contribution < 1.29 is 14.6 Å². The van der Waals surface area contributed by atoms with Crippen LogP contribution in [0, 0.1) is 0 Å². The molecule has 2 aliphatic rings. The van der Waals surface area contributed by atoms with Crippen molar-refractivity contribution in [3.05, 3.63) is 24.3 Å². The first kappa shape index (κ1) is 14.6. The first-order valence-corrected chi connectivity index (χ1v) is 7.61. The predicted molar refractivity (Wildman–Crippen MR) is 81.8 cm³/mol. The van der Waals surface area contributed by atoms with Gasteiger partial charge in [0.05, 0.1) is 32.0 Å². The lowest BCUT2D eigenvalue weighted by molar-refractivity contribution is 0.0116. The van der Waals surface area contributed by atoms with E-state index >= 15 is 0 Å². The predicted octanol–water partition coefficient (Wildman–Crippen LogP) is 1.33. The SMILES string of the molecule is COc1ccc(NC2COC3(CCN(CCO)C3)C2)cc1. The van der Waals surface area contributed by atoms with E-state index < -0.39 is 0 Å². The maximum atomic E-state index is 9.04. The van der Waals surface area contributed by atoms with Gasteiger partial charge in [0, 0.05) is 31.7 Å². The fourth-order valence-electron chi connectivity index (χ4n) is 3.40. The molecule has 1 aromatic carbocycles. The maximum absolute atomic E-state index is 9.04. The molecular formula is C16H24N2O3. The van der Waals surface area contributed by atoms with Gasteiger partial charge in [0.25, 0.3) is 0 Å². The van der Waals surface area contributed by atoms with Crippen molar-refractivity contribution >= 4 is 5.69 Å². The van der Waals surface area contributed by atoms with Gasteiger partial charge in [-0.3, -0.25) is 4.90 Å². The number of aliphatic hydroxyl groups is 1. The maximum Gasteiger partial charge on any atom is 0.119 e. The third-order valence-corrected chi connectivity index (χ3v) is 4.48. The Morgan fingerprint density at radius 1 is 1.43 bits per heavy atom. The summed E-state index contributed by atoms with van der Waals surface area (Å²) in [5.74, 6) is 0.870. The minimum Gasteiger partial charge on any atom is -0.497 e. The van der Waals surface area contributed by atoms with E-state index in [1.54, 1.807) is 7.11 Å². The molecule has 21 heavy (non-hydrogen) atoms. The Morgan fingerprint density at radius 2 is 2.24 bits per heavy atom. The molecule has 1 spiro atoms. The molecule has 0 radical (unpaired) electrons. The highest BCUT2D eigenvalue weighted by molar-refractivity contribution is 5.47. The third kappa shape index (κ3) is 3.31. The average Bonchev–Trinajstić information content (AvgIpc) is 3.08. The summed E-state index contributed by atoms with van der Waals surface area (Å²) in [5.41, 5.74) is 1.09. The summed E-state index contributed by atoms with van der Waals surface area (Å²) < 4.78 is 11.3. The second-order valence-electron chi connectivity index (χ2n) is 6.02. The molecule has 0 aromatic heterocycles. The number of benzene rings is 1. The number of nitrogens with one attached hydrogen (secondary N) is 1. The summed E-state index contributed by atoms with van der Waals surface area (Å²) >= 11 is 0. The number of methoxy groups -OCH3 is 1. The minimum atomic E-state index is -0.0146. The zero-order valence-electron chi connectivity index (χ0n) is 12.5. The lowest BCUT2D eigenvalue weighted by Gasteiger charge is -2.23. The number of hydrogen-bond acceptors (Lipinski definition) is 5. The van der Waals surface area contributed by atoms with E-state index in [1.165, 1.54) is 0 Å². The second kappa shape index (κ2) is 6.22. The lowest BCUT2D eigenvalue weighted by atomic mass is 9.97. The molecule has 0 bridgehead atoms. The molecule has 3 rings (SSSR count). The summed E-state index contributed by atoms with van der Waals surface area (Å²) in [6.07, 6.45) is 2.09. The van der Waals surface area contributed by atoms with Crippen LogP contribution in [0.15, 0.2) is 24.3 Å². The van der Waals surface area contributed by atoms with E-state index in [1.807, 2.05) is 24.3 Å². The van der Waals surface area contributed by atoms with Crippen molar-refractivity contribution in [3.8, 4) is 5.75 Å². The molecule has 0 amide bonds. The summed E-state index contributed by atoms with van der Waals surface area (Å²) in [6, 6.07) is 8.36. The Kier molecular flexibility index (Phi) is 4.33. The number of nitrogens with zero attached hydrogens (tertiary/aromatic N) is 1. The normalized spacial score (nSPS) is 29.1. The third-order valence-electron chi connectivity index (χ3n) is 4.48. The molecule has 0 aliphatic carbocycles. The van der Waals surface area contributed by atoms with Gasteiger partial charge in [-0.15, -0.1) is 0 Å². The average molecular weight is 292 g/mol. The number of rotatable bonds is 5. The van der Waals surface area contributed by atoms with Crippen LogP contribution in [0.25, 0.3) is 0 Å². The number of aliphatic hydroxyl groups excluding tert-OH is 1. The van der Waals surface area contributed by atoms with Crippen LogP contribution in [0.2, 0.25) is 0 Å². The molecule has 1 aromatic rings. The summed E-state index contributed by atoms with van der Waals surface area (Å²) in [6.45, 7) is 3.69. The largest absolute Gasteiger partial charge is 0.497 e. The first-order valence-electron chi connectivity index (χ1n) is 7.61. The molecule has 0 saturated carbocycles. The molecule has 5 nitrogen and oxygen atoms in total. The van der Waals surface area contributed by atoms with Gasteiger partial charge < -0.3 is 19.9 Å². The van der Waals surface area contributed by atoms with E-state index in [0.29, 0.717) is 6.04 Å². The topological polar surface area (TPSA) is 54.0 Å². The van der Waals surface area contributed by atoms with Gasteiger partial charge in [0.2, 0.25) is 0 Å². The zero-order valence-corrected chi connectivity index (χ0v) is 12.5. The molecular weight excluding hydrogens is 268 g/mol. The van der Waals surface area contributed by atoms with E-state index in [2.05, 4.69) is 10.2 Å². The van der Waals surface area contributed by atoms with Gasteiger partial charge in [0.15, 0.2) is 0 Å². The fraction of sp³-hybridized carbons (Fsp3) is 0.625. The number of β-amino-alcohol motifs (C(OH)–C–C–N with tert-alkyl or cyclic N) is 1. The number of anilines is 1. The van der Waals surface area contributed by atoms with Crippen molar-refractivity contribution in [1.82, 2.24) is 4.90 Å². The molecule has 2 N–H and O–H groups in total. The molecule has 5 heteroatoms. The van der Waals surface area contributed by atoms with Gasteiger partial charge >= 0.3 is 0 Å². The molecule has 2 heterocycles. The quantitative estimate of drug-likeness (QED) is 0.857. The molecule has 2 fully saturated rings. The summed E-state index contributed by atoms with van der Waals surface area (Å²) in [4.78, 5) is 2.29. The first-order chi connectivity index (χ1) is 10.2. The number of ether oxygens (including phenoxy) is 2. The van der Waals surface area contributed by atoms with Crippen LogP contribution in [-0.4, -0.2) is 61.6 Å². The van der Waals surface area contributed by atoms with Crippen LogP contribution in [0.5, 0.6) is 5.75 Å². The van der Waals surface area contributed by atoms with Crippen molar-refractivity contribution in [2.75, 3.05) is 45.3 Å². The van der Waals surface area contributed by atoms with Crippen LogP contribution >= 0.6 is 0 Å². The highest BCUT2D eigenvalue weighted by Gasteiger charge is 2.45. The van der Waals surface area contributed by atoms with Crippen molar-refractivity contribution in [2.45, 2.75) is 24.5 Å². The number of likely N-dealkylation sites (tertiary alicyclic amines) is 1. The van der Waals surface area contributed by atoms with Gasteiger partial charge in [-0.05, 0) is 30.7 Å². The van der Waals surface area contributed by atoms with E-state index in [4.69, 9.17) is 14.6 Å². The Labute approximate surface area is 125 Å². The van der Waals surface area contributed by atoms with Crippen molar-refractivity contribution in [2.24, 2.45) is 0 Å². The Bertz CT molecular complexity index is 465. The highest BCUT2D eigenvalue weighted by atomic mass is 16.5. The van der Waals surface area contributed by atoms with Crippen LogP contribution in [-0.2, 0) is 4.74 Å². The summed E-state index contributed by atoms with van der Waals surface area (Å²) in [5, 5.41) is 12.6. The molecule has 2 aliphatic heterocycles. The van der Waals surface area contributed by atoms with E-state index in [9.17, 15) is 0 Å². The Hall–Kier alpha value is -1.30. The van der Waals surface area contributed by atoms with Crippen LogP contribution in [0.4, 0.5) is 5.69 Å². The van der Waals surface area contributed by atoms with Crippen LogP contribution < -0.4 is 10.1 Å². The van der Waals surface area contributed by atoms with Crippen LogP contribution in [0.3, 0.4) is 0 Å². The Morgan fingerprint density at radius 3 is 2.95 bits per heavy atom. The monoisotopic (exact) mass is 292 g/mol. The smallest absolute Gasteiger partial charge is 0.119 e. The van der Waals surface area contributed by atoms with E-state index in [-0.39, 0.29) is 12.2 Å². The lowest BCUT2D eigenvalue weighted by Crippen LogP contribution is -2.34. The summed E-state index contributed by atoms with van der Waals surface area (Å²) in [7, 11) is 1.68. The van der Waals surface area contributed by atoms with Gasteiger partial charge in [-0.1, -0.05) is 0 Å². The molecule has 116 valence electrons. The zero-order chi connectivity index (χ0) is 14.7. The minimum absolute atomic E-state index is 0.0146. The molecule has 2 saturated heterocycles. The van der Waals surface area contributed by atoms with Gasteiger partial charge in [0.1, 0.15) is 5.75 Å². The van der Waals surface area contributed by atoms with Crippen molar-refractivity contribution in [3.63, 3.8) is 0 Å². The Balaban J connectivity index is 1.55. The number of hydrogen-bond donors (Lipinski definition) is 2. The van der Waals surface area contributed by atoms with Crippen molar-refractivity contribution in [1.29, 1.82) is 0 Å². The van der Waals surface area contributed by atoms with Crippen LogP contribution in [0.1, 0.15) is 12.8 Å². The molecule has 2 atom stereocenters. The van der Waals surface area contributed by atoms with E-state index in [0.717, 1.165) is 50.5 Å². The van der Waals surface area contributed by atoms with Gasteiger partial charge in [-0.2, -0.15) is 0 Å². The second-order valence-corrected chi connectivity index (χ2v) is 6.02. The molecule has 2 unspecified atom stereocenters. The highest BCUT2D eigenvalue weighted by Crippen LogP contribution is 2.36.